The first-order chi connectivity index (χ1) is 8.86. The van der Waals surface area contributed by atoms with Crippen molar-refractivity contribution in [3.8, 4) is 11.4 Å². The van der Waals surface area contributed by atoms with Gasteiger partial charge in [-0.15, -0.1) is 0 Å². The third-order valence-corrected chi connectivity index (χ3v) is 4.29. The van der Waals surface area contributed by atoms with Crippen LogP contribution >= 0.6 is 11.3 Å². The molecule has 1 saturated heterocycles. The Bertz CT molecular complexity index is 494. The molecule has 0 bridgehead atoms. The van der Waals surface area contributed by atoms with E-state index in [0.29, 0.717) is 5.82 Å². The topological polar surface area (TPSA) is 51.0 Å². The van der Waals surface area contributed by atoms with Gasteiger partial charge in [-0.05, 0) is 36.8 Å². The van der Waals surface area contributed by atoms with E-state index in [1.165, 1.54) is 12.8 Å². The molecule has 0 amide bonds. The largest absolute Gasteiger partial charge is 0.337 e. The minimum absolute atomic E-state index is 0.226. The second-order valence-electron chi connectivity index (χ2n) is 4.77. The summed E-state index contributed by atoms with van der Waals surface area (Å²) in [5.74, 6) is 2.20. The molecule has 0 saturated carbocycles. The molecule has 2 atom stereocenters. The highest BCUT2D eigenvalue weighted by Gasteiger charge is 2.26. The first-order valence-electron chi connectivity index (χ1n) is 6.46. The fourth-order valence-electron chi connectivity index (χ4n) is 2.44. The smallest absolute Gasteiger partial charge is 0.244 e. The van der Waals surface area contributed by atoms with Gasteiger partial charge in [-0.2, -0.15) is 16.3 Å². The van der Waals surface area contributed by atoms with Crippen LogP contribution in [0.15, 0.2) is 21.3 Å². The van der Waals surface area contributed by atoms with Crippen LogP contribution < -0.4 is 5.32 Å². The van der Waals surface area contributed by atoms with Crippen LogP contribution in [0.5, 0.6) is 0 Å². The SMILES string of the molecule is CCC1CCNC(c2nc(-c3ccsc3)no2)C1. The fraction of sp³-hybridized carbons (Fsp3) is 0.538. The van der Waals surface area contributed by atoms with E-state index >= 15 is 0 Å². The number of thiophene rings is 1. The molecule has 1 fully saturated rings. The van der Waals surface area contributed by atoms with E-state index in [2.05, 4.69) is 22.4 Å². The molecule has 2 unspecified atom stereocenters. The molecule has 2 aromatic heterocycles. The summed E-state index contributed by atoms with van der Waals surface area (Å²) in [7, 11) is 0. The van der Waals surface area contributed by atoms with Crippen LogP contribution in [0.1, 0.15) is 38.1 Å². The van der Waals surface area contributed by atoms with E-state index in [4.69, 9.17) is 4.52 Å². The number of hydrogen-bond acceptors (Lipinski definition) is 5. The minimum Gasteiger partial charge on any atom is -0.337 e. The molecular formula is C13H17N3OS. The molecule has 0 aliphatic carbocycles. The maximum atomic E-state index is 5.40. The van der Waals surface area contributed by atoms with Gasteiger partial charge in [0.1, 0.15) is 0 Å². The number of hydrogen-bond donors (Lipinski definition) is 1. The summed E-state index contributed by atoms with van der Waals surface area (Å²) in [6.45, 7) is 3.29. The Hall–Kier alpha value is -1.20. The van der Waals surface area contributed by atoms with Crippen molar-refractivity contribution in [3.63, 3.8) is 0 Å². The number of nitrogens with zero attached hydrogens (tertiary/aromatic N) is 2. The monoisotopic (exact) mass is 263 g/mol. The van der Waals surface area contributed by atoms with E-state index in [1.54, 1.807) is 11.3 Å². The van der Waals surface area contributed by atoms with Crippen molar-refractivity contribution in [2.75, 3.05) is 6.54 Å². The molecule has 0 spiro atoms. The molecule has 18 heavy (non-hydrogen) atoms. The fourth-order valence-corrected chi connectivity index (χ4v) is 3.08. The van der Waals surface area contributed by atoms with E-state index in [0.717, 1.165) is 30.3 Å². The molecule has 3 heterocycles. The van der Waals surface area contributed by atoms with E-state index in [1.807, 2.05) is 16.8 Å². The Morgan fingerprint density at radius 1 is 1.56 bits per heavy atom. The van der Waals surface area contributed by atoms with Gasteiger partial charge >= 0.3 is 0 Å². The van der Waals surface area contributed by atoms with Gasteiger partial charge in [-0.1, -0.05) is 18.5 Å². The van der Waals surface area contributed by atoms with Crippen molar-refractivity contribution in [2.45, 2.75) is 32.2 Å². The van der Waals surface area contributed by atoms with E-state index in [-0.39, 0.29) is 6.04 Å². The molecule has 1 aliphatic rings. The highest BCUT2D eigenvalue weighted by Crippen LogP contribution is 2.29. The van der Waals surface area contributed by atoms with Crippen LogP contribution in [0.25, 0.3) is 11.4 Å². The van der Waals surface area contributed by atoms with Crippen LogP contribution in [0, 0.1) is 5.92 Å². The molecule has 4 nitrogen and oxygen atoms in total. The second kappa shape index (κ2) is 5.20. The molecule has 96 valence electrons. The van der Waals surface area contributed by atoms with Crippen molar-refractivity contribution >= 4 is 11.3 Å². The molecule has 0 radical (unpaired) electrons. The average Bonchev–Trinajstić information content (AvgIpc) is 3.09. The van der Waals surface area contributed by atoms with E-state index < -0.39 is 0 Å². The molecular weight excluding hydrogens is 246 g/mol. The summed E-state index contributed by atoms with van der Waals surface area (Å²) in [5, 5.41) is 11.6. The zero-order chi connectivity index (χ0) is 12.4. The molecule has 5 heteroatoms. The van der Waals surface area contributed by atoms with Crippen LogP contribution in [-0.2, 0) is 0 Å². The van der Waals surface area contributed by atoms with Gasteiger partial charge in [0.25, 0.3) is 0 Å². The first kappa shape index (κ1) is 11.9. The van der Waals surface area contributed by atoms with Crippen LogP contribution in [-0.4, -0.2) is 16.7 Å². The first-order valence-corrected chi connectivity index (χ1v) is 7.40. The van der Waals surface area contributed by atoms with Gasteiger partial charge in [0.15, 0.2) is 0 Å². The predicted molar refractivity (Wildman–Crippen MR) is 71.4 cm³/mol. The van der Waals surface area contributed by atoms with Gasteiger partial charge in [-0.3, -0.25) is 0 Å². The lowest BCUT2D eigenvalue weighted by Gasteiger charge is -2.27. The van der Waals surface area contributed by atoms with Crippen molar-refractivity contribution in [1.29, 1.82) is 0 Å². The van der Waals surface area contributed by atoms with Crippen LogP contribution in [0.2, 0.25) is 0 Å². The van der Waals surface area contributed by atoms with Gasteiger partial charge in [0.2, 0.25) is 11.7 Å². The minimum atomic E-state index is 0.226. The van der Waals surface area contributed by atoms with E-state index in [9.17, 15) is 0 Å². The number of piperidine rings is 1. The second-order valence-corrected chi connectivity index (χ2v) is 5.55. The number of rotatable bonds is 3. The summed E-state index contributed by atoms with van der Waals surface area (Å²) in [4.78, 5) is 4.51. The maximum Gasteiger partial charge on any atom is 0.244 e. The van der Waals surface area contributed by atoms with Crippen LogP contribution in [0.3, 0.4) is 0 Å². The third kappa shape index (κ3) is 2.33. The average molecular weight is 263 g/mol. The highest BCUT2D eigenvalue weighted by molar-refractivity contribution is 7.08. The quantitative estimate of drug-likeness (QED) is 0.923. The summed E-state index contributed by atoms with van der Waals surface area (Å²) in [5.41, 5.74) is 1.04. The summed E-state index contributed by atoms with van der Waals surface area (Å²) in [6, 6.07) is 2.24. The third-order valence-electron chi connectivity index (χ3n) is 3.61. The standard InChI is InChI=1S/C13H17N3OS/c1-2-9-3-5-14-11(7-9)13-15-12(16-17-13)10-4-6-18-8-10/h4,6,8-9,11,14H,2-3,5,7H2,1H3. The lowest BCUT2D eigenvalue weighted by Crippen LogP contribution is -2.31. The van der Waals surface area contributed by atoms with Crippen LogP contribution in [0.4, 0.5) is 0 Å². The molecule has 2 aromatic rings. The zero-order valence-electron chi connectivity index (χ0n) is 10.4. The predicted octanol–water partition coefficient (Wildman–Crippen LogP) is 3.25. The Kier molecular flexibility index (Phi) is 3.43. The number of aromatic nitrogens is 2. The summed E-state index contributed by atoms with van der Waals surface area (Å²) < 4.78 is 5.40. The lowest BCUT2D eigenvalue weighted by molar-refractivity contribution is 0.246. The van der Waals surface area contributed by atoms with Crippen molar-refractivity contribution in [2.24, 2.45) is 5.92 Å². The Balaban J connectivity index is 1.77. The van der Waals surface area contributed by atoms with Gasteiger partial charge in [0, 0.05) is 10.9 Å². The molecule has 1 aliphatic heterocycles. The van der Waals surface area contributed by atoms with Crippen molar-refractivity contribution < 1.29 is 4.52 Å². The highest BCUT2D eigenvalue weighted by atomic mass is 32.1. The molecule has 0 aromatic carbocycles. The Labute approximate surface area is 110 Å². The van der Waals surface area contributed by atoms with Gasteiger partial charge in [0.05, 0.1) is 6.04 Å². The Morgan fingerprint density at radius 2 is 2.50 bits per heavy atom. The van der Waals surface area contributed by atoms with Crippen molar-refractivity contribution in [1.82, 2.24) is 15.5 Å². The summed E-state index contributed by atoms with van der Waals surface area (Å²) in [6.07, 6.45) is 3.57. The van der Waals surface area contributed by atoms with Gasteiger partial charge in [-0.25, -0.2) is 0 Å². The molecule has 1 N–H and O–H groups in total. The maximum absolute atomic E-state index is 5.40. The van der Waals surface area contributed by atoms with Crippen molar-refractivity contribution in [3.05, 3.63) is 22.7 Å². The zero-order valence-corrected chi connectivity index (χ0v) is 11.2. The summed E-state index contributed by atoms with van der Waals surface area (Å²) >= 11 is 1.65. The normalized spacial score (nSPS) is 24.3. The number of nitrogens with one attached hydrogen (secondary N) is 1. The molecule has 3 rings (SSSR count). The van der Waals surface area contributed by atoms with Gasteiger partial charge < -0.3 is 9.84 Å². The Morgan fingerprint density at radius 3 is 3.28 bits per heavy atom. The lowest BCUT2D eigenvalue weighted by atomic mass is 9.90.